The predicted octanol–water partition coefficient (Wildman–Crippen LogP) is 6.28. The fourth-order valence-corrected chi connectivity index (χ4v) is 8.59. The molecule has 172 valence electrons. The predicted molar refractivity (Wildman–Crippen MR) is 117 cm³/mol. The van der Waals surface area contributed by atoms with Gasteiger partial charge in [0.2, 0.25) is 0 Å². The number of fused-ring (bicyclic) bond motifs is 6. The van der Waals surface area contributed by atoms with E-state index in [9.17, 15) is 0 Å². The first kappa shape index (κ1) is 21.7. The standard InChI is InChI=1S/C26H44O4/c1-23(2,3)30-29-22-17-21-19(11-10-18-9-6-7-13-24(18,21)4)20-12-14-26(25(20,22)5)27-15-8-16-28-26/h18-22H,6-17H2,1-5H3. The molecule has 4 aliphatic carbocycles. The van der Waals surface area contributed by atoms with E-state index in [1.807, 2.05) is 0 Å². The summed E-state index contributed by atoms with van der Waals surface area (Å²) in [5.74, 6) is 2.53. The maximum absolute atomic E-state index is 6.51. The van der Waals surface area contributed by atoms with E-state index in [4.69, 9.17) is 19.2 Å². The maximum atomic E-state index is 6.51. The minimum Gasteiger partial charge on any atom is -0.349 e. The van der Waals surface area contributed by atoms with Gasteiger partial charge in [0.15, 0.2) is 5.79 Å². The van der Waals surface area contributed by atoms with Gasteiger partial charge >= 0.3 is 0 Å². The Morgan fingerprint density at radius 1 is 0.833 bits per heavy atom. The lowest BCUT2D eigenvalue weighted by molar-refractivity contribution is -0.431. The first-order valence-corrected chi connectivity index (χ1v) is 12.8. The first-order valence-electron chi connectivity index (χ1n) is 12.8. The average molecular weight is 421 g/mol. The van der Waals surface area contributed by atoms with Crippen molar-refractivity contribution in [2.75, 3.05) is 13.2 Å². The summed E-state index contributed by atoms with van der Waals surface area (Å²) in [6, 6.07) is 0. The van der Waals surface area contributed by atoms with Gasteiger partial charge in [0.05, 0.1) is 24.2 Å². The Bertz CT molecular complexity index is 635. The fourth-order valence-electron chi connectivity index (χ4n) is 8.59. The second-order valence-electron chi connectivity index (χ2n) is 12.5. The van der Waals surface area contributed by atoms with Crippen molar-refractivity contribution in [1.82, 2.24) is 0 Å². The van der Waals surface area contributed by atoms with Crippen LogP contribution in [0.5, 0.6) is 0 Å². The molecule has 1 heterocycles. The van der Waals surface area contributed by atoms with E-state index in [-0.39, 0.29) is 17.1 Å². The molecule has 0 aromatic rings. The molecule has 7 atom stereocenters. The van der Waals surface area contributed by atoms with Crippen LogP contribution >= 0.6 is 0 Å². The van der Waals surface area contributed by atoms with Gasteiger partial charge in [-0.25, -0.2) is 9.78 Å². The molecule has 0 aromatic carbocycles. The summed E-state index contributed by atoms with van der Waals surface area (Å²) in [7, 11) is 0. The van der Waals surface area contributed by atoms with Crippen molar-refractivity contribution >= 4 is 0 Å². The van der Waals surface area contributed by atoms with Gasteiger partial charge in [-0.05, 0) is 94.8 Å². The van der Waals surface area contributed by atoms with E-state index in [0.29, 0.717) is 11.3 Å². The topological polar surface area (TPSA) is 36.9 Å². The van der Waals surface area contributed by atoms with Crippen molar-refractivity contribution in [3.8, 4) is 0 Å². The highest BCUT2D eigenvalue weighted by molar-refractivity contribution is 5.15. The van der Waals surface area contributed by atoms with Crippen LogP contribution < -0.4 is 0 Å². The zero-order valence-electron chi connectivity index (χ0n) is 20.0. The number of hydrogen-bond acceptors (Lipinski definition) is 4. The van der Waals surface area contributed by atoms with E-state index < -0.39 is 5.79 Å². The maximum Gasteiger partial charge on any atom is 0.176 e. The quantitative estimate of drug-likeness (QED) is 0.389. The Morgan fingerprint density at radius 2 is 1.60 bits per heavy atom. The van der Waals surface area contributed by atoms with Crippen LogP contribution in [-0.2, 0) is 19.2 Å². The molecule has 4 heteroatoms. The van der Waals surface area contributed by atoms with Gasteiger partial charge in [-0.3, -0.25) is 0 Å². The summed E-state index contributed by atoms with van der Waals surface area (Å²) >= 11 is 0. The van der Waals surface area contributed by atoms with E-state index in [1.165, 1.54) is 44.9 Å². The van der Waals surface area contributed by atoms with Crippen molar-refractivity contribution in [3.05, 3.63) is 0 Å². The van der Waals surface area contributed by atoms with Crippen LogP contribution in [0.4, 0.5) is 0 Å². The lowest BCUT2D eigenvalue weighted by atomic mass is 9.44. The van der Waals surface area contributed by atoms with E-state index in [2.05, 4.69) is 34.6 Å². The molecule has 0 amide bonds. The summed E-state index contributed by atoms with van der Waals surface area (Å²) < 4.78 is 13.0. The molecule has 0 bridgehead atoms. The molecule has 4 nitrogen and oxygen atoms in total. The molecule has 5 fully saturated rings. The lowest BCUT2D eigenvalue weighted by Gasteiger charge is -2.63. The molecule has 4 saturated carbocycles. The highest BCUT2D eigenvalue weighted by Gasteiger charge is 2.71. The lowest BCUT2D eigenvalue weighted by Crippen LogP contribution is -2.64. The molecular weight excluding hydrogens is 376 g/mol. The SMILES string of the molecule is CC(C)(C)OOC1CC2C(CCC3CCCCC32C)C2CCC3(OCCCO3)C12C. The summed E-state index contributed by atoms with van der Waals surface area (Å²) in [4.78, 5) is 12.4. The Morgan fingerprint density at radius 3 is 2.33 bits per heavy atom. The molecule has 1 saturated heterocycles. The third kappa shape index (κ3) is 3.15. The minimum atomic E-state index is -0.489. The second kappa shape index (κ2) is 7.43. The normalized spacial score (nSPS) is 48.1. The largest absolute Gasteiger partial charge is 0.349 e. The van der Waals surface area contributed by atoms with Crippen LogP contribution in [0.2, 0.25) is 0 Å². The summed E-state index contributed by atoms with van der Waals surface area (Å²) in [6.07, 6.45) is 12.8. The van der Waals surface area contributed by atoms with Crippen LogP contribution in [0.3, 0.4) is 0 Å². The van der Waals surface area contributed by atoms with E-state index in [1.54, 1.807) is 0 Å². The van der Waals surface area contributed by atoms with Gasteiger partial charge in [0, 0.05) is 6.42 Å². The van der Waals surface area contributed by atoms with Gasteiger partial charge in [0.25, 0.3) is 0 Å². The molecule has 5 aliphatic rings. The van der Waals surface area contributed by atoms with Gasteiger partial charge in [-0.15, -0.1) is 0 Å². The third-order valence-corrected chi connectivity index (χ3v) is 10.1. The van der Waals surface area contributed by atoms with Crippen LogP contribution in [0.25, 0.3) is 0 Å². The fraction of sp³-hybridized carbons (Fsp3) is 1.00. The summed E-state index contributed by atoms with van der Waals surface area (Å²) in [6.45, 7) is 12.9. The second-order valence-corrected chi connectivity index (χ2v) is 12.5. The molecule has 7 unspecified atom stereocenters. The molecule has 0 radical (unpaired) electrons. The van der Waals surface area contributed by atoms with Crippen LogP contribution in [-0.4, -0.2) is 30.7 Å². The highest BCUT2D eigenvalue weighted by Crippen LogP contribution is 2.69. The van der Waals surface area contributed by atoms with Crippen LogP contribution in [0.15, 0.2) is 0 Å². The van der Waals surface area contributed by atoms with Gasteiger partial charge in [0.1, 0.15) is 6.10 Å². The Kier molecular flexibility index (Phi) is 5.37. The average Bonchev–Trinajstić information content (AvgIpc) is 2.99. The van der Waals surface area contributed by atoms with Crippen molar-refractivity contribution < 1.29 is 19.2 Å². The Hall–Kier alpha value is -0.160. The van der Waals surface area contributed by atoms with E-state index in [0.717, 1.165) is 50.2 Å². The molecular formula is C26H44O4. The Balaban J connectivity index is 1.51. The number of rotatable bonds is 2. The first-order chi connectivity index (χ1) is 14.2. The zero-order chi connectivity index (χ0) is 21.2. The van der Waals surface area contributed by atoms with Gasteiger partial charge in [-0.2, -0.15) is 0 Å². The molecule has 0 N–H and O–H groups in total. The van der Waals surface area contributed by atoms with E-state index >= 15 is 0 Å². The van der Waals surface area contributed by atoms with Crippen molar-refractivity contribution in [3.63, 3.8) is 0 Å². The smallest absolute Gasteiger partial charge is 0.176 e. The van der Waals surface area contributed by atoms with Crippen molar-refractivity contribution in [2.45, 2.75) is 116 Å². The molecule has 1 aliphatic heterocycles. The van der Waals surface area contributed by atoms with Gasteiger partial charge < -0.3 is 9.47 Å². The monoisotopic (exact) mass is 420 g/mol. The van der Waals surface area contributed by atoms with Gasteiger partial charge in [-0.1, -0.05) is 26.7 Å². The number of hydrogen-bond donors (Lipinski definition) is 0. The molecule has 5 rings (SSSR count). The molecule has 1 spiro atoms. The highest BCUT2D eigenvalue weighted by atomic mass is 17.2. The molecule has 0 aromatic heterocycles. The minimum absolute atomic E-state index is 0.0288. The zero-order valence-corrected chi connectivity index (χ0v) is 20.0. The summed E-state index contributed by atoms with van der Waals surface area (Å²) in [5, 5.41) is 0. The van der Waals surface area contributed by atoms with Crippen molar-refractivity contribution in [1.29, 1.82) is 0 Å². The van der Waals surface area contributed by atoms with Crippen LogP contribution in [0, 0.1) is 34.5 Å². The van der Waals surface area contributed by atoms with Crippen molar-refractivity contribution in [2.24, 2.45) is 34.5 Å². The molecule has 30 heavy (non-hydrogen) atoms. The third-order valence-electron chi connectivity index (χ3n) is 10.1. The van der Waals surface area contributed by atoms with Crippen LogP contribution in [0.1, 0.15) is 98.8 Å². The summed E-state index contributed by atoms with van der Waals surface area (Å²) in [5.41, 5.74) is 0.0141. The number of ether oxygens (including phenoxy) is 2. The Labute approximate surface area is 183 Å².